The van der Waals surface area contributed by atoms with Gasteiger partial charge in [-0.25, -0.2) is 24.9 Å². The molecule has 5 heteroatoms. The molecule has 1 heterocycles. The van der Waals surface area contributed by atoms with Gasteiger partial charge in [0.25, 0.3) is 0 Å². The van der Waals surface area contributed by atoms with Crippen molar-refractivity contribution in [3.8, 4) is 56.4 Å². The van der Waals surface area contributed by atoms with E-state index in [1.54, 1.807) is 0 Å². The predicted molar refractivity (Wildman–Crippen MR) is 303 cm³/mol. The Kier molecular flexibility index (Phi) is 13.3. The molecule has 2 aliphatic carbocycles. The maximum absolute atomic E-state index is 5.15. The normalized spacial score (nSPS) is 19.8. The van der Waals surface area contributed by atoms with Crippen LogP contribution in [0.15, 0.2) is 229 Å². The van der Waals surface area contributed by atoms with Crippen LogP contribution in [0.2, 0.25) is 0 Å². The summed E-state index contributed by atoms with van der Waals surface area (Å²) in [6.07, 6.45) is 5.09. The van der Waals surface area contributed by atoms with Gasteiger partial charge in [-0.3, -0.25) is 0 Å². The second-order valence-corrected chi connectivity index (χ2v) is 20.6. The molecule has 2 aliphatic rings. The zero-order chi connectivity index (χ0) is 49.9. The van der Waals surface area contributed by atoms with Gasteiger partial charge >= 0.3 is 0 Å². The fraction of sp³-hybridized carbons (Fsp3) is 0.191. The number of aromatic nitrogens is 3. The van der Waals surface area contributed by atoms with Gasteiger partial charge in [0, 0.05) is 33.4 Å². The van der Waals surface area contributed by atoms with Crippen molar-refractivity contribution in [1.82, 2.24) is 15.0 Å². The van der Waals surface area contributed by atoms with Crippen molar-refractivity contribution in [2.24, 2.45) is 33.7 Å². The molecule has 1 aromatic heterocycles. The number of rotatable bonds is 11. The van der Waals surface area contributed by atoms with Crippen molar-refractivity contribution in [2.45, 2.75) is 58.8 Å². The lowest BCUT2D eigenvalue weighted by Gasteiger charge is -2.55. The molecule has 5 unspecified atom stereocenters. The van der Waals surface area contributed by atoms with E-state index in [0.29, 0.717) is 46.8 Å². The van der Waals surface area contributed by atoms with Gasteiger partial charge in [-0.1, -0.05) is 220 Å². The van der Waals surface area contributed by atoms with E-state index in [2.05, 4.69) is 180 Å². The second kappa shape index (κ2) is 20.5. The maximum atomic E-state index is 5.15. The molecule has 5 atom stereocenters. The van der Waals surface area contributed by atoms with Crippen LogP contribution in [0.5, 0.6) is 0 Å². The van der Waals surface area contributed by atoms with Gasteiger partial charge in [0.15, 0.2) is 23.3 Å². The molecule has 11 rings (SSSR count). The first-order valence-electron chi connectivity index (χ1n) is 25.9. The van der Waals surface area contributed by atoms with E-state index in [1.165, 1.54) is 47.9 Å². The van der Waals surface area contributed by atoms with E-state index in [-0.39, 0.29) is 5.41 Å². The number of nitrogens with zero attached hydrogens (tertiary/aromatic N) is 5. The minimum atomic E-state index is -0.114. The first-order valence-corrected chi connectivity index (χ1v) is 25.9. The summed E-state index contributed by atoms with van der Waals surface area (Å²) >= 11 is 0. The highest BCUT2D eigenvalue weighted by molar-refractivity contribution is 6.13. The van der Waals surface area contributed by atoms with Crippen LogP contribution in [0, 0.1) is 30.6 Å². The molecule has 2 bridgehead atoms. The molecular weight excluding hydrogens is 887 g/mol. The van der Waals surface area contributed by atoms with Gasteiger partial charge < -0.3 is 0 Å². The lowest BCUT2D eigenvalue weighted by Crippen LogP contribution is -2.50. The lowest BCUT2D eigenvalue weighted by atomic mass is 9.48. The fourth-order valence-electron chi connectivity index (χ4n) is 12.2. The summed E-state index contributed by atoms with van der Waals surface area (Å²) in [7, 11) is 0. The Hall–Kier alpha value is -8.15. The van der Waals surface area contributed by atoms with Crippen molar-refractivity contribution < 1.29 is 0 Å². The Balaban J connectivity index is 0.914. The van der Waals surface area contributed by atoms with Crippen LogP contribution in [-0.4, -0.2) is 26.5 Å². The van der Waals surface area contributed by atoms with Gasteiger partial charge in [0.1, 0.15) is 0 Å². The standard InChI is InChI=1S/C68H61N5/c1-45-18-15-28-59(39-45)66-71-65(55-23-13-8-14-24-55)72-67(73-66)60-29-17-27-58(44-60)53-32-36-62(37-33-53)68(47(3)41-50-38-46(2)40-63(68)42-50)61-34-30-52(31-35-61)57-26-16-25-56(43-57)49(5)70-64(54-21-11-7-12-22-54)69-48(4)51-19-9-6-10-20-51/h6-37,39,43-44,46-47,50,63H,4,38,40-42H2,1-3,5H3/b69-64-,70-49+. The molecule has 0 amide bonds. The molecule has 9 aromatic rings. The second-order valence-electron chi connectivity index (χ2n) is 20.6. The first kappa shape index (κ1) is 47.2. The molecule has 0 N–H and O–H groups in total. The summed E-state index contributed by atoms with van der Waals surface area (Å²) in [5, 5.41) is 0. The topological polar surface area (TPSA) is 63.4 Å². The van der Waals surface area contributed by atoms with Crippen molar-refractivity contribution in [3.05, 3.63) is 252 Å². The molecule has 2 fully saturated rings. The van der Waals surface area contributed by atoms with Crippen LogP contribution in [0.1, 0.15) is 79.8 Å². The highest BCUT2D eigenvalue weighted by Gasteiger charge is 2.52. The Morgan fingerprint density at radius 2 is 0.945 bits per heavy atom. The summed E-state index contributed by atoms with van der Waals surface area (Å²) in [6, 6.07) is 75.4. The molecule has 2 saturated carbocycles. The van der Waals surface area contributed by atoms with Crippen LogP contribution in [0.25, 0.3) is 62.1 Å². The number of aryl methyl sites for hydroxylation is 1. The van der Waals surface area contributed by atoms with Gasteiger partial charge in [-0.15, -0.1) is 0 Å². The van der Waals surface area contributed by atoms with Gasteiger partial charge in [0.05, 0.1) is 5.70 Å². The molecule has 0 spiro atoms. The minimum absolute atomic E-state index is 0.114. The number of amidine groups is 1. The average molecular weight is 948 g/mol. The summed E-state index contributed by atoms with van der Waals surface area (Å²) in [5.74, 6) is 5.14. The van der Waals surface area contributed by atoms with E-state index >= 15 is 0 Å². The van der Waals surface area contributed by atoms with E-state index in [9.17, 15) is 0 Å². The van der Waals surface area contributed by atoms with Crippen molar-refractivity contribution >= 4 is 17.2 Å². The lowest BCUT2D eigenvalue weighted by molar-refractivity contribution is 0.0402. The van der Waals surface area contributed by atoms with Crippen LogP contribution in [0.4, 0.5) is 0 Å². The fourth-order valence-corrected chi connectivity index (χ4v) is 12.2. The number of aliphatic imine (C=N–C) groups is 2. The largest absolute Gasteiger partial charge is 0.233 e. The number of hydrogen-bond donors (Lipinski definition) is 0. The summed E-state index contributed by atoms with van der Waals surface area (Å²) in [6.45, 7) is 13.5. The zero-order valence-electron chi connectivity index (χ0n) is 42.3. The summed E-state index contributed by atoms with van der Waals surface area (Å²) in [4.78, 5) is 25.2. The zero-order valence-corrected chi connectivity index (χ0v) is 42.3. The SMILES string of the molecule is C=C(/N=C(\N=C(/C)c1cccc(-c2ccc(C3(c4ccc(-c5cccc(-c6nc(-c7ccccc7)nc(-c7cccc(C)c7)n6)c5)cc4)C(C)CC4CC(C)CC3C4)cc2)c1)c1ccccc1)c1ccccc1. The molecule has 73 heavy (non-hydrogen) atoms. The van der Waals surface area contributed by atoms with Crippen molar-refractivity contribution in [1.29, 1.82) is 0 Å². The Labute approximate surface area is 431 Å². The maximum Gasteiger partial charge on any atom is 0.164 e. The Bertz CT molecular complexity index is 3470. The summed E-state index contributed by atoms with van der Waals surface area (Å²) in [5.41, 5.74) is 16.0. The van der Waals surface area contributed by atoms with Gasteiger partial charge in [-0.2, -0.15) is 0 Å². The highest BCUT2D eigenvalue weighted by atomic mass is 15.0. The molecule has 358 valence electrons. The Morgan fingerprint density at radius 3 is 1.56 bits per heavy atom. The van der Waals surface area contributed by atoms with Crippen molar-refractivity contribution in [3.63, 3.8) is 0 Å². The third kappa shape index (κ3) is 9.80. The smallest absolute Gasteiger partial charge is 0.164 e. The van der Waals surface area contributed by atoms with E-state index in [0.717, 1.165) is 61.7 Å². The third-order valence-corrected chi connectivity index (χ3v) is 15.5. The van der Waals surface area contributed by atoms with Crippen LogP contribution < -0.4 is 0 Å². The monoisotopic (exact) mass is 947 g/mol. The van der Waals surface area contributed by atoms with E-state index in [4.69, 9.17) is 24.9 Å². The summed E-state index contributed by atoms with van der Waals surface area (Å²) < 4.78 is 0. The van der Waals surface area contributed by atoms with Gasteiger partial charge in [0.2, 0.25) is 0 Å². The average Bonchev–Trinajstić information content (AvgIpc) is 3.44. The molecule has 0 radical (unpaired) electrons. The van der Waals surface area contributed by atoms with Crippen LogP contribution >= 0.6 is 0 Å². The van der Waals surface area contributed by atoms with E-state index < -0.39 is 0 Å². The number of fused-ring (bicyclic) bond motifs is 2. The third-order valence-electron chi connectivity index (χ3n) is 15.5. The van der Waals surface area contributed by atoms with Crippen LogP contribution in [0.3, 0.4) is 0 Å². The molecule has 0 saturated heterocycles. The van der Waals surface area contributed by atoms with Crippen molar-refractivity contribution in [2.75, 3.05) is 0 Å². The minimum Gasteiger partial charge on any atom is -0.233 e. The first-order chi connectivity index (χ1) is 35.7. The quantitative estimate of drug-likeness (QED) is 0.0958. The molecule has 8 aromatic carbocycles. The molecular formula is C68H61N5. The Morgan fingerprint density at radius 1 is 0.452 bits per heavy atom. The number of benzene rings is 8. The van der Waals surface area contributed by atoms with E-state index in [1.807, 2.05) is 66.7 Å². The van der Waals surface area contributed by atoms with Gasteiger partial charge in [-0.05, 0) is 126 Å². The predicted octanol–water partition coefficient (Wildman–Crippen LogP) is 16.8. The van der Waals surface area contributed by atoms with Crippen LogP contribution in [-0.2, 0) is 5.41 Å². The highest BCUT2D eigenvalue weighted by Crippen LogP contribution is 2.59. The molecule has 0 aliphatic heterocycles. The number of hydrogen-bond acceptors (Lipinski definition) is 4. The molecule has 5 nitrogen and oxygen atoms in total.